The molecule has 0 radical (unpaired) electrons. The zero-order valence-electron chi connectivity index (χ0n) is 9.97. The lowest BCUT2D eigenvalue weighted by atomic mass is 10.3. The van der Waals surface area contributed by atoms with Crippen LogP contribution in [0.1, 0.15) is 24.1 Å². The summed E-state index contributed by atoms with van der Waals surface area (Å²) in [5.74, 6) is 0.786. The lowest BCUT2D eigenvalue weighted by Gasteiger charge is -2.12. The standard InChI is InChI=1S/C11H11N3O4S/c15-8(3-14-9(16)1-2-10(14)17)12-11-6-4-19-5-7(6)13-18-11/h1-5H2,(H,12,15). The van der Waals surface area contributed by atoms with Crippen LogP contribution in [0.5, 0.6) is 0 Å². The zero-order chi connectivity index (χ0) is 13.4. The van der Waals surface area contributed by atoms with Crippen molar-refractivity contribution < 1.29 is 18.9 Å². The molecule has 0 bridgehead atoms. The molecule has 1 saturated heterocycles. The Bertz CT molecular complexity index is 552. The molecule has 3 rings (SSSR count). The average molecular weight is 281 g/mol. The lowest BCUT2D eigenvalue weighted by Crippen LogP contribution is -2.36. The van der Waals surface area contributed by atoms with E-state index in [1.54, 1.807) is 11.8 Å². The first-order chi connectivity index (χ1) is 9.15. The van der Waals surface area contributed by atoms with Crippen LogP contribution in [-0.2, 0) is 25.9 Å². The Balaban J connectivity index is 1.65. The number of nitrogens with one attached hydrogen (secondary N) is 1. The second kappa shape index (κ2) is 4.69. The molecule has 0 spiro atoms. The maximum atomic E-state index is 11.8. The molecule has 1 aromatic rings. The number of thioether (sulfide) groups is 1. The molecule has 1 aromatic heterocycles. The van der Waals surface area contributed by atoms with Gasteiger partial charge in [-0.1, -0.05) is 5.16 Å². The number of aromatic nitrogens is 1. The summed E-state index contributed by atoms with van der Waals surface area (Å²) in [5, 5.41) is 6.42. The molecular formula is C11H11N3O4S. The zero-order valence-corrected chi connectivity index (χ0v) is 10.8. The van der Waals surface area contributed by atoms with Gasteiger partial charge in [-0.05, 0) is 0 Å². The minimum absolute atomic E-state index is 0.181. The van der Waals surface area contributed by atoms with Crippen molar-refractivity contribution in [3.63, 3.8) is 0 Å². The van der Waals surface area contributed by atoms with Gasteiger partial charge in [0.2, 0.25) is 23.6 Å². The first-order valence-electron chi connectivity index (χ1n) is 5.83. The van der Waals surface area contributed by atoms with Gasteiger partial charge in [0.25, 0.3) is 0 Å². The lowest BCUT2D eigenvalue weighted by molar-refractivity contribution is -0.141. The second-order valence-corrected chi connectivity index (χ2v) is 5.34. The number of carbonyl (C=O) groups is 3. The largest absolute Gasteiger partial charge is 0.338 e. The van der Waals surface area contributed by atoms with Crippen LogP contribution in [0, 0.1) is 0 Å². The minimum atomic E-state index is -0.445. The Morgan fingerprint density at radius 3 is 2.79 bits per heavy atom. The van der Waals surface area contributed by atoms with E-state index in [0.29, 0.717) is 5.88 Å². The van der Waals surface area contributed by atoms with E-state index in [2.05, 4.69) is 10.5 Å². The third-order valence-corrected chi connectivity index (χ3v) is 4.03. The summed E-state index contributed by atoms with van der Waals surface area (Å²) >= 11 is 1.69. The van der Waals surface area contributed by atoms with Gasteiger partial charge in [0, 0.05) is 24.3 Å². The predicted molar refractivity (Wildman–Crippen MR) is 66.1 cm³/mol. The molecule has 3 heterocycles. The highest BCUT2D eigenvalue weighted by Gasteiger charge is 2.31. The number of fused-ring (bicyclic) bond motifs is 1. The highest BCUT2D eigenvalue weighted by atomic mass is 32.2. The minimum Gasteiger partial charge on any atom is -0.338 e. The van der Waals surface area contributed by atoms with E-state index in [1.165, 1.54) is 0 Å². The number of carbonyl (C=O) groups excluding carboxylic acids is 3. The summed E-state index contributed by atoms with van der Waals surface area (Å²) in [6.07, 6.45) is 0.362. The SMILES string of the molecule is O=C(CN1C(=O)CCC1=O)Nc1onc2c1CSC2. The summed E-state index contributed by atoms with van der Waals surface area (Å²) in [7, 11) is 0. The van der Waals surface area contributed by atoms with Gasteiger partial charge in [0.05, 0.1) is 11.3 Å². The van der Waals surface area contributed by atoms with Crippen molar-refractivity contribution in [3.05, 3.63) is 11.3 Å². The van der Waals surface area contributed by atoms with Gasteiger partial charge in [-0.3, -0.25) is 24.6 Å². The third-order valence-electron chi connectivity index (χ3n) is 3.06. The molecule has 2 aliphatic heterocycles. The van der Waals surface area contributed by atoms with Crippen LogP contribution in [0.25, 0.3) is 0 Å². The second-order valence-electron chi connectivity index (χ2n) is 4.35. The Morgan fingerprint density at radius 2 is 2.05 bits per heavy atom. The molecule has 100 valence electrons. The average Bonchev–Trinajstić information content (AvgIpc) is 3.03. The molecule has 19 heavy (non-hydrogen) atoms. The molecule has 0 saturated carbocycles. The van der Waals surface area contributed by atoms with E-state index in [4.69, 9.17) is 4.52 Å². The van der Waals surface area contributed by atoms with Crippen LogP contribution >= 0.6 is 11.8 Å². The van der Waals surface area contributed by atoms with Gasteiger partial charge >= 0.3 is 0 Å². The van der Waals surface area contributed by atoms with E-state index >= 15 is 0 Å². The fourth-order valence-corrected chi connectivity index (χ4v) is 3.09. The quantitative estimate of drug-likeness (QED) is 0.811. The van der Waals surface area contributed by atoms with Crippen molar-refractivity contribution in [2.24, 2.45) is 0 Å². The summed E-state index contributed by atoms with van der Waals surface area (Å²) in [6, 6.07) is 0. The van der Waals surface area contributed by atoms with E-state index < -0.39 is 5.91 Å². The maximum Gasteiger partial charge on any atom is 0.246 e. The Kier molecular flexibility index (Phi) is 3.02. The molecule has 2 aliphatic rings. The number of nitrogens with zero attached hydrogens (tertiary/aromatic N) is 2. The molecule has 0 unspecified atom stereocenters. The third kappa shape index (κ3) is 2.23. The van der Waals surface area contributed by atoms with Crippen molar-refractivity contribution in [1.29, 1.82) is 0 Å². The first kappa shape index (κ1) is 12.2. The highest BCUT2D eigenvalue weighted by molar-refractivity contribution is 7.98. The van der Waals surface area contributed by atoms with Crippen LogP contribution in [0.4, 0.5) is 5.88 Å². The van der Waals surface area contributed by atoms with Gasteiger partial charge in [0.1, 0.15) is 6.54 Å². The molecule has 0 aromatic carbocycles. The monoisotopic (exact) mass is 281 g/mol. The van der Waals surface area contributed by atoms with Crippen molar-refractivity contribution in [2.75, 3.05) is 11.9 Å². The van der Waals surface area contributed by atoms with Crippen molar-refractivity contribution in [2.45, 2.75) is 24.3 Å². The molecule has 7 nitrogen and oxygen atoms in total. The smallest absolute Gasteiger partial charge is 0.246 e. The Labute approximate surface area is 112 Å². The van der Waals surface area contributed by atoms with Crippen molar-refractivity contribution in [1.82, 2.24) is 10.1 Å². The molecule has 3 amide bonds. The topological polar surface area (TPSA) is 92.5 Å². The summed E-state index contributed by atoms with van der Waals surface area (Å²) in [5.41, 5.74) is 1.73. The Morgan fingerprint density at radius 1 is 1.32 bits per heavy atom. The fraction of sp³-hybridized carbons (Fsp3) is 0.455. The number of anilines is 1. The van der Waals surface area contributed by atoms with Crippen molar-refractivity contribution in [3.8, 4) is 0 Å². The number of likely N-dealkylation sites (tertiary alicyclic amines) is 1. The first-order valence-corrected chi connectivity index (χ1v) is 6.99. The molecule has 1 N–H and O–H groups in total. The van der Waals surface area contributed by atoms with Gasteiger partial charge in [-0.15, -0.1) is 0 Å². The summed E-state index contributed by atoms with van der Waals surface area (Å²) in [6.45, 7) is -0.264. The summed E-state index contributed by atoms with van der Waals surface area (Å²) in [4.78, 5) is 35.6. The number of rotatable bonds is 3. The number of hydrogen-bond donors (Lipinski definition) is 1. The van der Waals surface area contributed by atoms with E-state index in [9.17, 15) is 14.4 Å². The van der Waals surface area contributed by atoms with Crippen LogP contribution in [0.2, 0.25) is 0 Å². The van der Waals surface area contributed by atoms with E-state index in [0.717, 1.165) is 27.7 Å². The maximum absolute atomic E-state index is 11.8. The fourth-order valence-electron chi connectivity index (χ4n) is 2.06. The van der Waals surface area contributed by atoms with E-state index in [-0.39, 0.29) is 31.2 Å². The van der Waals surface area contributed by atoms with Gasteiger partial charge in [-0.25, -0.2) is 0 Å². The van der Waals surface area contributed by atoms with Gasteiger partial charge < -0.3 is 4.52 Å². The molecule has 0 atom stereocenters. The molecule has 8 heteroatoms. The van der Waals surface area contributed by atoms with Crippen LogP contribution in [-0.4, -0.2) is 34.3 Å². The van der Waals surface area contributed by atoms with Crippen LogP contribution in [0.3, 0.4) is 0 Å². The van der Waals surface area contributed by atoms with E-state index in [1.807, 2.05) is 0 Å². The number of imide groups is 1. The molecule has 1 fully saturated rings. The normalized spacial score (nSPS) is 18.0. The highest BCUT2D eigenvalue weighted by Crippen LogP contribution is 2.34. The molecular weight excluding hydrogens is 270 g/mol. The van der Waals surface area contributed by atoms with Gasteiger partial charge in [0.15, 0.2) is 0 Å². The molecule has 0 aliphatic carbocycles. The Hall–Kier alpha value is -1.83. The number of amides is 3. The van der Waals surface area contributed by atoms with Gasteiger partial charge in [-0.2, -0.15) is 11.8 Å². The predicted octanol–water partition coefficient (Wildman–Crippen LogP) is 0.509. The van der Waals surface area contributed by atoms with Crippen LogP contribution in [0.15, 0.2) is 4.52 Å². The summed E-state index contributed by atoms with van der Waals surface area (Å²) < 4.78 is 5.04. The number of hydrogen-bond acceptors (Lipinski definition) is 6. The van der Waals surface area contributed by atoms with Crippen molar-refractivity contribution >= 4 is 35.4 Å². The van der Waals surface area contributed by atoms with Crippen LogP contribution < -0.4 is 5.32 Å².